The summed E-state index contributed by atoms with van der Waals surface area (Å²) in [4.78, 5) is 19.6. The van der Waals surface area contributed by atoms with Crippen molar-refractivity contribution in [2.24, 2.45) is 0 Å². The van der Waals surface area contributed by atoms with Crippen molar-refractivity contribution in [1.29, 1.82) is 0 Å². The lowest BCUT2D eigenvalue weighted by molar-refractivity contribution is 0.0945. The fourth-order valence-electron chi connectivity index (χ4n) is 1.12. The van der Waals surface area contributed by atoms with Gasteiger partial charge in [0.05, 0.1) is 17.7 Å². The quantitative estimate of drug-likeness (QED) is 0.853. The fourth-order valence-corrected chi connectivity index (χ4v) is 1.84. The van der Waals surface area contributed by atoms with Gasteiger partial charge in [-0.1, -0.05) is 17.7 Å². The maximum atomic E-state index is 11.6. The number of pyridine rings is 1. The van der Waals surface area contributed by atoms with Crippen LogP contribution in [0, 0.1) is 0 Å². The largest absolute Gasteiger partial charge is 0.345 e. The molecule has 0 fully saturated rings. The van der Waals surface area contributed by atoms with E-state index in [1.165, 1.54) is 11.3 Å². The Morgan fingerprint density at radius 3 is 3.06 bits per heavy atom. The molecule has 0 radical (unpaired) electrons. The zero-order valence-electron chi connectivity index (χ0n) is 8.18. The Hall–Kier alpha value is -1.46. The normalized spacial score (nSPS) is 10.1. The van der Waals surface area contributed by atoms with Crippen LogP contribution in [0.25, 0.3) is 0 Å². The Morgan fingerprint density at radius 1 is 1.50 bits per heavy atom. The van der Waals surface area contributed by atoms with Crippen molar-refractivity contribution in [2.45, 2.75) is 6.54 Å². The molecule has 0 aliphatic heterocycles. The van der Waals surface area contributed by atoms with E-state index in [4.69, 9.17) is 11.6 Å². The van der Waals surface area contributed by atoms with Crippen LogP contribution in [-0.2, 0) is 6.54 Å². The van der Waals surface area contributed by atoms with Crippen molar-refractivity contribution in [3.63, 3.8) is 0 Å². The van der Waals surface area contributed by atoms with Crippen LogP contribution in [0.4, 0.5) is 0 Å². The smallest absolute Gasteiger partial charge is 0.270 e. The lowest BCUT2D eigenvalue weighted by atomic mass is 10.3. The molecule has 0 spiro atoms. The molecule has 0 bridgehead atoms. The Labute approximate surface area is 101 Å². The Bertz CT molecular complexity index is 487. The third kappa shape index (κ3) is 2.77. The highest BCUT2D eigenvalue weighted by Crippen LogP contribution is 2.05. The summed E-state index contributed by atoms with van der Waals surface area (Å²) in [7, 11) is 0. The molecule has 0 aromatic carbocycles. The first-order chi connectivity index (χ1) is 7.75. The Morgan fingerprint density at radius 2 is 2.38 bits per heavy atom. The number of carbonyl (C=O) groups excluding carboxylic acids is 1. The number of rotatable bonds is 3. The van der Waals surface area contributed by atoms with E-state index < -0.39 is 0 Å². The van der Waals surface area contributed by atoms with Gasteiger partial charge in [-0.15, -0.1) is 11.3 Å². The van der Waals surface area contributed by atoms with Crippen molar-refractivity contribution >= 4 is 28.8 Å². The van der Waals surface area contributed by atoms with Gasteiger partial charge in [0.1, 0.15) is 10.8 Å². The summed E-state index contributed by atoms with van der Waals surface area (Å²) in [6.45, 7) is 0.399. The molecule has 0 unspecified atom stereocenters. The molecule has 16 heavy (non-hydrogen) atoms. The minimum atomic E-state index is -0.254. The highest BCUT2D eigenvalue weighted by Gasteiger charge is 2.07. The number of hydrogen-bond acceptors (Lipinski definition) is 4. The first-order valence-electron chi connectivity index (χ1n) is 4.53. The molecular formula is C10H8ClN3OS. The molecule has 0 saturated heterocycles. The lowest BCUT2D eigenvalue weighted by Gasteiger charge is -2.02. The predicted octanol–water partition coefficient (Wildman–Crippen LogP) is 2.12. The van der Waals surface area contributed by atoms with Gasteiger partial charge < -0.3 is 5.32 Å². The van der Waals surface area contributed by atoms with E-state index >= 15 is 0 Å². The standard InChI is InChI=1S/C10H8ClN3OS/c11-9-3-1-2-8(14-9)10(15)12-4-7-5-16-6-13-7/h1-3,5-6H,4H2,(H,12,15). The van der Waals surface area contributed by atoms with E-state index in [0.717, 1.165) is 5.69 Å². The zero-order valence-corrected chi connectivity index (χ0v) is 9.76. The summed E-state index contributed by atoms with van der Waals surface area (Å²) in [5.41, 5.74) is 2.86. The summed E-state index contributed by atoms with van der Waals surface area (Å²) in [5.74, 6) is -0.254. The van der Waals surface area contributed by atoms with Crippen molar-refractivity contribution < 1.29 is 4.79 Å². The monoisotopic (exact) mass is 253 g/mol. The van der Waals surface area contributed by atoms with E-state index in [1.807, 2.05) is 5.38 Å². The van der Waals surface area contributed by atoms with Crippen LogP contribution in [0.3, 0.4) is 0 Å². The summed E-state index contributed by atoms with van der Waals surface area (Å²) >= 11 is 7.18. The first kappa shape index (κ1) is 11.0. The van der Waals surface area contributed by atoms with Gasteiger partial charge in [-0.05, 0) is 12.1 Å². The number of thiazole rings is 1. The number of nitrogens with one attached hydrogen (secondary N) is 1. The molecule has 1 amide bonds. The molecule has 0 saturated carbocycles. The van der Waals surface area contributed by atoms with Crippen LogP contribution in [0.1, 0.15) is 16.2 Å². The van der Waals surface area contributed by atoms with Gasteiger partial charge in [0.2, 0.25) is 0 Å². The molecule has 0 atom stereocenters. The third-order valence-electron chi connectivity index (χ3n) is 1.86. The molecule has 2 aromatic rings. The Kier molecular flexibility index (Phi) is 3.48. The number of hydrogen-bond donors (Lipinski definition) is 1. The van der Waals surface area contributed by atoms with Crippen LogP contribution in [-0.4, -0.2) is 15.9 Å². The zero-order chi connectivity index (χ0) is 11.4. The van der Waals surface area contributed by atoms with Crippen LogP contribution in [0.2, 0.25) is 5.15 Å². The number of carbonyl (C=O) groups is 1. The van der Waals surface area contributed by atoms with Gasteiger partial charge in [0.25, 0.3) is 5.91 Å². The van der Waals surface area contributed by atoms with E-state index in [2.05, 4.69) is 15.3 Å². The number of aromatic nitrogens is 2. The van der Waals surface area contributed by atoms with Crippen LogP contribution in [0.15, 0.2) is 29.1 Å². The molecule has 4 nitrogen and oxygen atoms in total. The average Bonchev–Trinajstić information content (AvgIpc) is 2.78. The van der Waals surface area contributed by atoms with Crippen LogP contribution < -0.4 is 5.32 Å². The van der Waals surface area contributed by atoms with E-state index in [0.29, 0.717) is 17.4 Å². The minimum absolute atomic E-state index is 0.254. The van der Waals surface area contributed by atoms with Gasteiger partial charge in [-0.25, -0.2) is 9.97 Å². The van der Waals surface area contributed by atoms with Crippen LogP contribution in [0.5, 0.6) is 0 Å². The molecule has 2 aromatic heterocycles. The lowest BCUT2D eigenvalue weighted by Crippen LogP contribution is -2.23. The van der Waals surface area contributed by atoms with Crippen molar-refractivity contribution in [3.05, 3.63) is 45.6 Å². The second kappa shape index (κ2) is 5.05. The molecule has 1 N–H and O–H groups in total. The molecule has 0 aliphatic carbocycles. The van der Waals surface area contributed by atoms with E-state index in [1.54, 1.807) is 23.7 Å². The first-order valence-corrected chi connectivity index (χ1v) is 5.85. The third-order valence-corrected chi connectivity index (χ3v) is 2.71. The van der Waals surface area contributed by atoms with Gasteiger partial charge in [0, 0.05) is 5.38 Å². The summed E-state index contributed by atoms with van der Waals surface area (Å²) < 4.78 is 0. The summed E-state index contributed by atoms with van der Waals surface area (Å²) in [5, 5.41) is 4.90. The molecule has 82 valence electrons. The van der Waals surface area contributed by atoms with Crippen LogP contribution >= 0.6 is 22.9 Å². The second-order valence-corrected chi connectivity index (χ2v) is 4.11. The predicted molar refractivity (Wildman–Crippen MR) is 62.5 cm³/mol. The maximum Gasteiger partial charge on any atom is 0.270 e. The molecular weight excluding hydrogens is 246 g/mol. The van der Waals surface area contributed by atoms with Crippen molar-refractivity contribution in [2.75, 3.05) is 0 Å². The highest BCUT2D eigenvalue weighted by molar-refractivity contribution is 7.07. The van der Waals surface area contributed by atoms with Gasteiger partial charge in [-0.2, -0.15) is 0 Å². The highest BCUT2D eigenvalue weighted by atomic mass is 35.5. The minimum Gasteiger partial charge on any atom is -0.345 e. The summed E-state index contributed by atoms with van der Waals surface area (Å²) in [6.07, 6.45) is 0. The molecule has 0 aliphatic rings. The van der Waals surface area contributed by atoms with Gasteiger partial charge in [-0.3, -0.25) is 4.79 Å². The SMILES string of the molecule is O=C(NCc1cscn1)c1cccc(Cl)n1. The number of halogens is 1. The van der Waals surface area contributed by atoms with E-state index in [-0.39, 0.29) is 5.91 Å². The maximum absolute atomic E-state index is 11.6. The summed E-state index contributed by atoms with van der Waals surface area (Å²) in [6, 6.07) is 4.92. The van der Waals surface area contributed by atoms with Gasteiger partial charge >= 0.3 is 0 Å². The molecule has 2 rings (SSSR count). The molecule has 6 heteroatoms. The van der Waals surface area contributed by atoms with Crippen molar-refractivity contribution in [1.82, 2.24) is 15.3 Å². The van der Waals surface area contributed by atoms with Gasteiger partial charge in [0.15, 0.2) is 0 Å². The Balaban J connectivity index is 1.98. The van der Waals surface area contributed by atoms with E-state index in [9.17, 15) is 4.79 Å². The topological polar surface area (TPSA) is 54.9 Å². The molecule has 2 heterocycles. The fraction of sp³-hybridized carbons (Fsp3) is 0.100. The second-order valence-electron chi connectivity index (χ2n) is 3.01. The number of nitrogens with zero attached hydrogens (tertiary/aromatic N) is 2. The average molecular weight is 254 g/mol. The number of amides is 1. The van der Waals surface area contributed by atoms with Crippen molar-refractivity contribution in [3.8, 4) is 0 Å².